The fraction of sp³-hybridized carbons (Fsp3) is 0.400. The van der Waals surface area contributed by atoms with Gasteiger partial charge < -0.3 is 23.4 Å². The van der Waals surface area contributed by atoms with Crippen LogP contribution in [-0.2, 0) is 19.4 Å². The third-order valence-corrected chi connectivity index (χ3v) is 5.96. The second kappa shape index (κ2) is 4.61. The van der Waals surface area contributed by atoms with E-state index in [9.17, 15) is 0 Å². The standard InChI is InChI=1S/C20H20NO4/c1-21-5-4-13-7-18-19(24-10-23-18)8-14(13)16(21)6-12-2-3-17-20(15(12)9-21)25-11-22-17/h2-3,7-8,16H,4-6,9-11H2,1H3/q+1/t16-,21-/m0/s1/i1D3. The van der Waals surface area contributed by atoms with Crippen LogP contribution in [0.15, 0.2) is 24.3 Å². The monoisotopic (exact) mass is 341 g/mol. The Bertz CT molecular complexity index is 1010. The highest BCUT2D eigenvalue weighted by molar-refractivity contribution is 5.54. The molecule has 2 atom stereocenters. The Morgan fingerprint density at radius 2 is 1.84 bits per heavy atom. The lowest BCUT2D eigenvalue weighted by Gasteiger charge is -2.48. The van der Waals surface area contributed by atoms with E-state index in [4.69, 9.17) is 23.1 Å². The summed E-state index contributed by atoms with van der Waals surface area (Å²) in [5, 5.41) is 0. The summed E-state index contributed by atoms with van der Waals surface area (Å²) >= 11 is 0. The third-order valence-electron chi connectivity index (χ3n) is 5.96. The van der Waals surface area contributed by atoms with Crippen molar-refractivity contribution in [3.63, 3.8) is 0 Å². The van der Waals surface area contributed by atoms with Gasteiger partial charge >= 0.3 is 0 Å². The molecule has 0 amide bonds. The molecule has 0 aliphatic carbocycles. The molecule has 0 fully saturated rings. The van der Waals surface area contributed by atoms with Gasteiger partial charge in [0.05, 0.1) is 23.2 Å². The molecule has 0 spiro atoms. The summed E-state index contributed by atoms with van der Waals surface area (Å²) in [4.78, 5) is 0. The minimum Gasteiger partial charge on any atom is -0.454 e. The number of fused-ring (bicyclic) bond motifs is 7. The quantitative estimate of drug-likeness (QED) is 0.691. The molecule has 0 aromatic heterocycles. The van der Waals surface area contributed by atoms with Crippen molar-refractivity contribution in [3.05, 3.63) is 46.5 Å². The lowest BCUT2D eigenvalue weighted by molar-refractivity contribution is -0.956. The van der Waals surface area contributed by atoms with Crippen LogP contribution >= 0.6 is 0 Å². The van der Waals surface area contributed by atoms with Crippen LogP contribution in [-0.4, -0.2) is 31.6 Å². The molecule has 6 rings (SSSR count). The summed E-state index contributed by atoms with van der Waals surface area (Å²) in [6.07, 6.45) is 1.35. The lowest BCUT2D eigenvalue weighted by Crippen LogP contribution is -2.53. The molecule has 0 radical (unpaired) electrons. The van der Waals surface area contributed by atoms with Gasteiger partial charge in [-0.15, -0.1) is 0 Å². The number of hydrogen-bond donors (Lipinski definition) is 0. The van der Waals surface area contributed by atoms with Crippen molar-refractivity contribution in [2.24, 2.45) is 0 Å². The van der Waals surface area contributed by atoms with Gasteiger partial charge in [-0.3, -0.25) is 0 Å². The minimum atomic E-state index is -2.14. The van der Waals surface area contributed by atoms with E-state index in [1.54, 1.807) is 0 Å². The highest BCUT2D eigenvalue weighted by Crippen LogP contribution is 2.50. The van der Waals surface area contributed by atoms with Crippen molar-refractivity contribution in [2.45, 2.75) is 25.4 Å². The number of ether oxygens (including phenoxy) is 4. The zero-order chi connectivity index (χ0) is 19.1. The van der Waals surface area contributed by atoms with Crippen LogP contribution in [0, 0.1) is 0 Å². The van der Waals surface area contributed by atoms with E-state index in [0.717, 1.165) is 28.0 Å². The Morgan fingerprint density at radius 3 is 2.76 bits per heavy atom. The number of benzene rings is 2. The molecular weight excluding hydrogens is 318 g/mol. The van der Waals surface area contributed by atoms with Crippen LogP contribution in [0.1, 0.15) is 32.4 Å². The number of nitrogens with zero attached hydrogens (tertiary/aromatic N) is 1. The molecule has 5 heteroatoms. The van der Waals surface area contributed by atoms with Crippen molar-refractivity contribution in [2.75, 3.05) is 27.1 Å². The molecule has 0 unspecified atom stereocenters. The van der Waals surface area contributed by atoms with E-state index in [1.165, 1.54) is 0 Å². The number of likely N-dealkylation sites (N-methyl/N-ethyl adjacent to an activating group) is 1. The second-order valence-corrected chi connectivity index (χ2v) is 7.23. The van der Waals surface area contributed by atoms with E-state index in [0.29, 0.717) is 43.2 Å². The van der Waals surface area contributed by atoms with Gasteiger partial charge in [0, 0.05) is 18.4 Å². The van der Waals surface area contributed by atoms with Crippen LogP contribution in [0.5, 0.6) is 23.0 Å². The number of hydrogen-bond acceptors (Lipinski definition) is 4. The van der Waals surface area contributed by atoms with Crippen molar-refractivity contribution >= 4 is 0 Å². The molecule has 128 valence electrons. The second-order valence-electron chi connectivity index (χ2n) is 7.23. The van der Waals surface area contributed by atoms with Crippen LogP contribution in [0.3, 0.4) is 0 Å². The lowest BCUT2D eigenvalue weighted by atomic mass is 9.81. The van der Waals surface area contributed by atoms with Gasteiger partial charge in [-0.2, -0.15) is 0 Å². The van der Waals surface area contributed by atoms with Crippen LogP contribution in [0.4, 0.5) is 0 Å². The average Bonchev–Trinajstić information content (AvgIpc) is 3.32. The molecule has 5 nitrogen and oxygen atoms in total. The summed E-state index contributed by atoms with van der Waals surface area (Å²) in [7, 11) is 0. The maximum absolute atomic E-state index is 8.45. The zero-order valence-corrected chi connectivity index (χ0v) is 13.7. The van der Waals surface area contributed by atoms with Crippen LogP contribution in [0.25, 0.3) is 0 Å². The summed E-state index contributed by atoms with van der Waals surface area (Å²) in [6, 6.07) is 7.86. The van der Waals surface area contributed by atoms with Crippen LogP contribution in [0.2, 0.25) is 0 Å². The van der Waals surface area contributed by atoms with Gasteiger partial charge in [-0.1, -0.05) is 6.07 Å². The molecule has 0 saturated carbocycles. The Labute approximate surface area is 150 Å². The van der Waals surface area contributed by atoms with E-state index in [-0.39, 0.29) is 24.1 Å². The number of quaternary nitrogens is 1. The predicted molar refractivity (Wildman–Crippen MR) is 90.0 cm³/mol. The van der Waals surface area contributed by atoms with Crippen molar-refractivity contribution < 1.29 is 27.5 Å². The van der Waals surface area contributed by atoms with E-state index in [1.807, 2.05) is 18.2 Å². The van der Waals surface area contributed by atoms with Gasteiger partial charge in [0.2, 0.25) is 13.6 Å². The first-order chi connectivity index (χ1) is 13.5. The Kier molecular flexibility index (Phi) is 2.08. The highest BCUT2D eigenvalue weighted by atomic mass is 16.7. The van der Waals surface area contributed by atoms with Crippen LogP contribution < -0.4 is 18.9 Å². The zero-order valence-electron chi connectivity index (χ0n) is 16.7. The van der Waals surface area contributed by atoms with Gasteiger partial charge in [0.1, 0.15) is 12.6 Å². The molecule has 4 heterocycles. The molecule has 0 saturated heterocycles. The van der Waals surface area contributed by atoms with Crippen molar-refractivity contribution in [3.8, 4) is 23.0 Å². The Morgan fingerprint density at radius 1 is 1.00 bits per heavy atom. The topological polar surface area (TPSA) is 36.9 Å². The van der Waals surface area contributed by atoms with Crippen molar-refractivity contribution in [1.82, 2.24) is 0 Å². The maximum atomic E-state index is 8.45. The smallest absolute Gasteiger partial charge is 0.231 e. The van der Waals surface area contributed by atoms with Crippen molar-refractivity contribution in [1.29, 1.82) is 0 Å². The largest absolute Gasteiger partial charge is 0.454 e. The third kappa shape index (κ3) is 1.82. The summed E-state index contributed by atoms with van der Waals surface area (Å²) in [5.41, 5.74) is 4.34. The Hall–Kier alpha value is -2.40. The first-order valence-electron chi connectivity index (χ1n) is 10.2. The average molecular weight is 341 g/mol. The normalized spacial score (nSPS) is 29.8. The van der Waals surface area contributed by atoms with E-state index < -0.39 is 6.98 Å². The minimum absolute atomic E-state index is 0.0342. The van der Waals surface area contributed by atoms with Gasteiger partial charge in [-0.25, -0.2) is 0 Å². The van der Waals surface area contributed by atoms with Gasteiger partial charge in [0.15, 0.2) is 23.0 Å². The fourth-order valence-electron chi connectivity index (χ4n) is 4.67. The van der Waals surface area contributed by atoms with E-state index in [2.05, 4.69) is 6.07 Å². The molecule has 2 aromatic carbocycles. The highest BCUT2D eigenvalue weighted by Gasteiger charge is 2.45. The Balaban J connectivity index is 1.55. The summed E-state index contributed by atoms with van der Waals surface area (Å²) in [6.45, 7) is -0.767. The molecule has 4 aliphatic heterocycles. The molecule has 4 aliphatic rings. The first-order valence-corrected chi connectivity index (χ1v) is 8.66. The van der Waals surface area contributed by atoms with E-state index >= 15 is 0 Å². The predicted octanol–water partition coefficient (Wildman–Crippen LogP) is 2.94. The maximum Gasteiger partial charge on any atom is 0.231 e. The molecule has 0 N–H and O–H groups in total. The van der Waals surface area contributed by atoms with Gasteiger partial charge in [0.25, 0.3) is 0 Å². The summed E-state index contributed by atoms with van der Waals surface area (Å²) < 4.78 is 47.7. The van der Waals surface area contributed by atoms with Gasteiger partial charge in [-0.05, 0) is 29.3 Å². The summed E-state index contributed by atoms with van der Waals surface area (Å²) in [5.74, 6) is 2.89. The molecule has 25 heavy (non-hydrogen) atoms. The first kappa shape index (κ1) is 11.3. The molecule has 2 aromatic rings. The molecule has 0 bridgehead atoms. The molecular formula is C20H20NO4+. The fourth-order valence-corrected chi connectivity index (χ4v) is 4.67. The number of rotatable bonds is 0. The SMILES string of the molecule is [2H]C([2H])([2H])[N@@+]12CCc3cc4c(cc3[C@@H]1Cc1ccc3c(c1C2)OCO3)OCO4.